The first-order valence-corrected chi connectivity index (χ1v) is 7.21. The molecule has 0 saturated heterocycles. The Bertz CT molecular complexity index is 528. The average Bonchev–Trinajstić information content (AvgIpc) is 2.26. The van der Waals surface area contributed by atoms with Gasteiger partial charge in [-0.1, -0.05) is 0 Å². The molecule has 0 amide bonds. The van der Waals surface area contributed by atoms with Crippen molar-refractivity contribution in [2.45, 2.75) is 18.6 Å². The third-order valence-electron chi connectivity index (χ3n) is 2.68. The van der Waals surface area contributed by atoms with Crippen LogP contribution >= 0.6 is 0 Å². The normalized spacial score (nSPS) is 17.5. The summed E-state index contributed by atoms with van der Waals surface area (Å²) in [5, 5.41) is 0. The third kappa shape index (κ3) is 2.55. The van der Waals surface area contributed by atoms with E-state index in [1.165, 1.54) is 7.11 Å². The smallest absolute Gasteiger partial charge is 0.219 e. The molecule has 0 saturated carbocycles. The van der Waals surface area contributed by atoms with Crippen molar-refractivity contribution in [3.63, 3.8) is 0 Å². The second kappa shape index (κ2) is 4.58. The topological polar surface area (TPSA) is 95.2 Å². The van der Waals surface area contributed by atoms with Gasteiger partial charge < -0.3 is 10.5 Å². The zero-order valence-electron chi connectivity index (χ0n) is 9.64. The number of hydrogen-bond acceptors (Lipinski definition) is 6. The molecule has 0 atom stereocenters. The maximum Gasteiger partial charge on any atom is 0.219 e. The van der Waals surface area contributed by atoms with Crippen LogP contribution in [0.5, 0.6) is 5.88 Å². The van der Waals surface area contributed by atoms with E-state index in [0.29, 0.717) is 36.8 Å². The quantitative estimate of drug-likeness (QED) is 0.781. The summed E-state index contributed by atoms with van der Waals surface area (Å²) in [6.07, 6.45) is 0.938. The standard InChI is InChI=1S/C10H15N3O3S/c1-16-10-7-3-5-17(14,15)6-8(7)12-9(13-10)2-4-11/h2-6,11H2,1H3. The van der Waals surface area contributed by atoms with E-state index in [4.69, 9.17) is 10.5 Å². The molecule has 1 aliphatic heterocycles. The number of fused-ring (bicyclic) bond motifs is 1. The van der Waals surface area contributed by atoms with Crippen molar-refractivity contribution in [1.29, 1.82) is 0 Å². The number of nitrogens with zero attached hydrogens (tertiary/aromatic N) is 2. The van der Waals surface area contributed by atoms with E-state index in [9.17, 15) is 8.42 Å². The van der Waals surface area contributed by atoms with Gasteiger partial charge in [0.25, 0.3) is 0 Å². The fourth-order valence-electron chi connectivity index (χ4n) is 1.87. The molecule has 1 aliphatic rings. The Morgan fingerprint density at radius 3 is 2.82 bits per heavy atom. The van der Waals surface area contributed by atoms with Gasteiger partial charge in [0, 0.05) is 12.0 Å². The summed E-state index contributed by atoms with van der Waals surface area (Å²) < 4.78 is 28.3. The van der Waals surface area contributed by atoms with Crippen LogP contribution < -0.4 is 10.5 Å². The maximum absolute atomic E-state index is 11.6. The Balaban J connectivity index is 2.48. The molecule has 0 fully saturated rings. The monoisotopic (exact) mass is 257 g/mol. The summed E-state index contributed by atoms with van der Waals surface area (Å²) in [7, 11) is -1.50. The molecular formula is C10H15N3O3S. The number of hydrogen-bond donors (Lipinski definition) is 1. The molecule has 2 N–H and O–H groups in total. The summed E-state index contributed by atoms with van der Waals surface area (Å²) in [6, 6.07) is 0. The van der Waals surface area contributed by atoms with Gasteiger partial charge >= 0.3 is 0 Å². The molecule has 1 aromatic rings. The second-order valence-corrected chi connectivity index (χ2v) is 6.14. The molecule has 0 spiro atoms. The molecule has 0 aromatic carbocycles. The first-order valence-electron chi connectivity index (χ1n) is 5.39. The largest absolute Gasteiger partial charge is 0.481 e. The molecule has 94 valence electrons. The van der Waals surface area contributed by atoms with Gasteiger partial charge in [0.2, 0.25) is 5.88 Å². The first-order chi connectivity index (χ1) is 8.05. The Morgan fingerprint density at radius 2 is 2.18 bits per heavy atom. The van der Waals surface area contributed by atoms with E-state index in [-0.39, 0.29) is 11.5 Å². The molecule has 6 nitrogen and oxygen atoms in total. The lowest BCUT2D eigenvalue weighted by molar-refractivity contribution is 0.388. The molecule has 0 radical (unpaired) electrons. The molecule has 1 aromatic heterocycles. The van der Waals surface area contributed by atoms with E-state index < -0.39 is 9.84 Å². The zero-order chi connectivity index (χ0) is 12.5. The fraction of sp³-hybridized carbons (Fsp3) is 0.600. The second-order valence-electron chi connectivity index (χ2n) is 3.96. The minimum absolute atomic E-state index is 0.0290. The van der Waals surface area contributed by atoms with Gasteiger partial charge in [-0.05, 0) is 13.0 Å². The molecule has 17 heavy (non-hydrogen) atoms. The maximum atomic E-state index is 11.6. The lowest BCUT2D eigenvalue weighted by Gasteiger charge is -2.18. The summed E-state index contributed by atoms with van der Waals surface area (Å²) in [5.41, 5.74) is 6.81. The van der Waals surface area contributed by atoms with Crippen LogP contribution in [0.15, 0.2) is 0 Å². The number of nitrogens with two attached hydrogens (primary N) is 1. The van der Waals surface area contributed by atoms with Crippen molar-refractivity contribution in [3.05, 3.63) is 17.1 Å². The van der Waals surface area contributed by atoms with Gasteiger partial charge in [-0.15, -0.1) is 0 Å². The molecule has 7 heteroatoms. The van der Waals surface area contributed by atoms with E-state index in [1.54, 1.807) is 0 Å². The summed E-state index contributed by atoms with van der Waals surface area (Å²) in [4.78, 5) is 8.49. The highest BCUT2D eigenvalue weighted by atomic mass is 32.2. The third-order valence-corrected chi connectivity index (χ3v) is 4.22. The van der Waals surface area contributed by atoms with Crippen molar-refractivity contribution < 1.29 is 13.2 Å². The highest BCUT2D eigenvalue weighted by Crippen LogP contribution is 2.26. The summed E-state index contributed by atoms with van der Waals surface area (Å²) in [5.74, 6) is 1.13. The molecule has 0 aliphatic carbocycles. The van der Waals surface area contributed by atoms with Crippen molar-refractivity contribution >= 4 is 9.84 Å². The highest BCUT2D eigenvalue weighted by molar-refractivity contribution is 7.90. The number of rotatable bonds is 3. The van der Waals surface area contributed by atoms with Crippen LogP contribution in [-0.2, 0) is 28.4 Å². The van der Waals surface area contributed by atoms with Crippen LogP contribution in [0.2, 0.25) is 0 Å². The van der Waals surface area contributed by atoms with Crippen LogP contribution in [0.1, 0.15) is 17.1 Å². The van der Waals surface area contributed by atoms with Crippen LogP contribution in [0, 0.1) is 0 Å². The van der Waals surface area contributed by atoms with Gasteiger partial charge in [0.1, 0.15) is 5.82 Å². The predicted molar refractivity (Wildman–Crippen MR) is 62.5 cm³/mol. The van der Waals surface area contributed by atoms with Crippen LogP contribution in [0.3, 0.4) is 0 Å². The van der Waals surface area contributed by atoms with Crippen molar-refractivity contribution in [2.24, 2.45) is 5.73 Å². The minimum Gasteiger partial charge on any atom is -0.481 e. The fourth-order valence-corrected chi connectivity index (χ4v) is 3.19. The predicted octanol–water partition coefficient (Wildman–Crippen LogP) is -0.543. The number of ether oxygens (including phenoxy) is 1. The van der Waals surface area contributed by atoms with E-state index in [2.05, 4.69) is 9.97 Å². The molecule has 0 bridgehead atoms. The number of methoxy groups -OCH3 is 1. The van der Waals surface area contributed by atoms with Crippen LogP contribution in [-0.4, -0.2) is 37.8 Å². The van der Waals surface area contributed by atoms with E-state index in [0.717, 1.165) is 5.56 Å². The van der Waals surface area contributed by atoms with Crippen molar-refractivity contribution in [1.82, 2.24) is 9.97 Å². The van der Waals surface area contributed by atoms with Gasteiger partial charge in [0.05, 0.1) is 24.3 Å². The van der Waals surface area contributed by atoms with Crippen LogP contribution in [0.4, 0.5) is 0 Å². The highest BCUT2D eigenvalue weighted by Gasteiger charge is 2.26. The number of sulfone groups is 1. The Kier molecular flexibility index (Phi) is 3.30. The van der Waals surface area contributed by atoms with Crippen molar-refractivity contribution in [3.8, 4) is 5.88 Å². The Hall–Kier alpha value is -1.21. The van der Waals surface area contributed by atoms with Gasteiger partial charge in [-0.3, -0.25) is 0 Å². The van der Waals surface area contributed by atoms with Gasteiger partial charge in [-0.2, -0.15) is 4.98 Å². The SMILES string of the molecule is COc1nc(CCN)nc2c1CCS(=O)(=O)C2. The molecular weight excluding hydrogens is 242 g/mol. The molecule has 2 heterocycles. The summed E-state index contributed by atoms with van der Waals surface area (Å²) >= 11 is 0. The van der Waals surface area contributed by atoms with Crippen LogP contribution in [0.25, 0.3) is 0 Å². The van der Waals surface area contributed by atoms with Crippen molar-refractivity contribution in [2.75, 3.05) is 19.4 Å². The first kappa shape index (κ1) is 12.3. The Morgan fingerprint density at radius 1 is 1.41 bits per heavy atom. The van der Waals surface area contributed by atoms with Gasteiger partial charge in [0.15, 0.2) is 9.84 Å². The Labute approximate surface area is 100 Å². The molecule has 0 unspecified atom stereocenters. The van der Waals surface area contributed by atoms with Gasteiger partial charge in [-0.25, -0.2) is 13.4 Å². The average molecular weight is 257 g/mol. The molecule has 2 rings (SSSR count). The van der Waals surface area contributed by atoms with E-state index >= 15 is 0 Å². The number of aromatic nitrogens is 2. The van der Waals surface area contributed by atoms with E-state index in [1.807, 2.05) is 0 Å². The lowest BCUT2D eigenvalue weighted by Crippen LogP contribution is -2.22. The minimum atomic E-state index is -3.03. The summed E-state index contributed by atoms with van der Waals surface area (Å²) in [6.45, 7) is 0.425. The zero-order valence-corrected chi connectivity index (χ0v) is 10.5. The lowest BCUT2D eigenvalue weighted by atomic mass is 10.1.